The average Bonchev–Trinajstić information content (AvgIpc) is 2.75. The van der Waals surface area contributed by atoms with Gasteiger partial charge in [-0.3, -0.25) is 0 Å². The molecular formula is C12H19N3. The molecule has 0 saturated heterocycles. The third-order valence-corrected chi connectivity index (χ3v) is 2.65. The Balaban J connectivity index is 2.24. The van der Waals surface area contributed by atoms with Gasteiger partial charge in [0.2, 0.25) is 0 Å². The predicted octanol–water partition coefficient (Wildman–Crippen LogP) is 2.04. The molecule has 0 saturated carbocycles. The van der Waals surface area contributed by atoms with E-state index in [4.69, 9.17) is 5.26 Å². The molecule has 0 radical (unpaired) electrons. The molecule has 0 aromatic carbocycles. The first-order valence-corrected chi connectivity index (χ1v) is 5.46. The molecule has 0 aliphatic heterocycles. The molecule has 1 aromatic rings. The second-order valence-electron chi connectivity index (χ2n) is 3.97. The molecule has 0 aliphatic carbocycles. The molecule has 3 nitrogen and oxygen atoms in total. The maximum atomic E-state index is 8.85. The summed E-state index contributed by atoms with van der Waals surface area (Å²) in [6.07, 6.45) is 5.95. The van der Waals surface area contributed by atoms with Crippen LogP contribution in [0.15, 0.2) is 18.5 Å². The van der Waals surface area contributed by atoms with Crippen molar-refractivity contribution < 1.29 is 0 Å². The second-order valence-corrected chi connectivity index (χ2v) is 3.97. The Morgan fingerprint density at radius 3 is 2.93 bits per heavy atom. The van der Waals surface area contributed by atoms with Gasteiger partial charge in [0.05, 0.1) is 12.0 Å². The van der Waals surface area contributed by atoms with Crippen molar-refractivity contribution in [3.05, 3.63) is 24.0 Å². The van der Waals surface area contributed by atoms with Gasteiger partial charge in [-0.05, 0) is 31.5 Å². The monoisotopic (exact) mass is 205 g/mol. The molecule has 1 heterocycles. The molecule has 82 valence electrons. The van der Waals surface area contributed by atoms with Crippen LogP contribution < -0.4 is 0 Å². The molecule has 1 rings (SSSR count). The van der Waals surface area contributed by atoms with Crippen molar-refractivity contribution in [2.45, 2.75) is 19.8 Å². The first kappa shape index (κ1) is 11.8. The summed E-state index contributed by atoms with van der Waals surface area (Å²) < 4.78 is 0. The summed E-state index contributed by atoms with van der Waals surface area (Å²) >= 11 is 0. The van der Waals surface area contributed by atoms with Crippen LogP contribution in [-0.4, -0.2) is 30.0 Å². The Morgan fingerprint density at radius 2 is 2.40 bits per heavy atom. The van der Waals surface area contributed by atoms with Gasteiger partial charge in [0.25, 0.3) is 0 Å². The van der Waals surface area contributed by atoms with Crippen molar-refractivity contribution in [1.82, 2.24) is 9.88 Å². The van der Waals surface area contributed by atoms with E-state index in [2.05, 4.69) is 36.0 Å². The average molecular weight is 205 g/mol. The van der Waals surface area contributed by atoms with Gasteiger partial charge >= 0.3 is 0 Å². The Kier molecular flexibility index (Phi) is 4.92. The van der Waals surface area contributed by atoms with Crippen molar-refractivity contribution >= 4 is 0 Å². The van der Waals surface area contributed by atoms with Crippen LogP contribution in [0, 0.1) is 17.2 Å². The molecule has 1 unspecified atom stereocenters. The number of nitrogens with one attached hydrogen (secondary N) is 1. The summed E-state index contributed by atoms with van der Waals surface area (Å²) in [6.45, 7) is 3.95. The van der Waals surface area contributed by atoms with E-state index in [9.17, 15) is 0 Å². The predicted molar refractivity (Wildman–Crippen MR) is 61.4 cm³/mol. The molecule has 3 heteroatoms. The lowest BCUT2D eigenvalue weighted by atomic mass is 10.1. The summed E-state index contributed by atoms with van der Waals surface area (Å²) in [6, 6.07) is 4.42. The lowest BCUT2D eigenvalue weighted by molar-refractivity contribution is 0.303. The minimum absolute atomic E-state index is 0.168. The number of likely N-dealkylation sites (N-methyl/N-ethyl adjacent to an activating group) is 1. The quantitative estimate of drug-likeness (QED) is 0.772. The number of hydrogen-bond donors (Lipinski definition) is 1. The van der Waals surface area contributed by atoms with E-state index >= 15 is 0 Å². The minimum atomic E-state index is 0.168. The second kappa shape index (κ2) is 6.26. The van der Waals surface area contributed by atoms with Crippen LogP contribution in [0.4, 0.5) is 0 Å². The van der Waals surface area contributed by atoms with E-state index in [-0.39, 0.29) is 5.92 Å². The third kappa shape index (κ3) is 4.18. The van der Waals surface area contributed by atoms with E-state index in [1.165, 1.54) is 5.56 Å². The van der Waals surface area contributed by atoms with Crippen molar-refractivity contribution in [2.75, 3.05) is 20.1 Å². The molecule has 1 N–H and O–H groups in total. The molecule has 0 spiro atoms. The first-order valence-electron chi connectivity index (χ1n) is 5.46. The maximum Gasteiger partial charge on any atom is 0.0669 e. The van der Waals surface area contributed by atoms with E-state index in [0.29, 0.717) is 0 Å². The van der Waals surface area contributed by atoms with Crippen LogP contribution in [0.3, 0.4) is 0 Å². The molecule has 0 aliphatic rings. The molecule has 1 atom stereocenters. The van der Waals surface area contributed by atoms with Crippen molar-refractivity contribution in [1.29, 1.82) is 5.26 Å². The van der Waals surface area contributed by atoms with Crippen molar-refractivity contribution in [3.8, 4) is 6.07 Å². The standard InChI is InChI=1S/C12H19N3/c1-3-11(8-13)10-15(2)7-5-12-4-6-14-9-12/h4,6,9,11,14H,3,5,7,10H2,1-2H3. The van der Waals surface area contributed by atoms with Crippen LogP contribution in [0.5, 0.6) is 0 Å². The summed E-state index contributed by atoms with van der Waals surface area (Å²) in [5.74, 6) is 0.168. The van der Waals surface area contributed by atoms with Gasteiger partial charge in [0.1, 0.15) is 0 Å². The zero-order chi connectivity index (χ0) is 11.1. The SMILES string of the molecule is CCC(C#N)CN(C)CCc1cc[nH]c1. The number of nitriles is 1. The molecule has 0 fully saturated rings. The highest BCUT2D eigenvalue weighted by molar-refractivity contribution is 5.08. The number of H-pyrrole nitrogens is 1. The summed E-state index contributed by atoms with van der Waals surface area (Å²) in [5, 5.41) is 8.85. The van der Waals surface area contributed by atoms with Gasteiger partial charge in [-0.15, -0.1) is 0 Å². The third-order valence-electron chi connectivity index (χ3n) is 2.65. The number of rotatable bonds is 6. The number of nitrogens with zero attached hydrogens (tertiary/aromatic N) is 2. The molecule has 15 heavy (non-hydrogen) atoms. The van der Waals surface area contributed by atoms with Gasteiger partial charge in [0.15, 0.2) is 0 Å². The number of aromatic nitrogens is 1. The summed E-state index contributed by atoms with van der Waals surface area (Å²) in [7, 11) is 2.08. The molecule has 0 amide bonds. The fraction of sp³-hybridized carbons (Fsp3) is 0.583. The highest BCUT2D eigenvalue weighted by Gasteiger charge is 2.08. The summed E-state index contributed by atoms with van der Waals surface area (Å²) in [4.78, 5) is 5.27. The van der Waals surface area contributed by atoms with Crippen LogP contribution in [-0.2, 0) is 6.42 Å². The maximum absolute atomic E-state index is 8.85. The lowest BCUT2D eigenvalue weighted by Crippen LogP contribution is -2.26. The largest absolute Gasteiger partial charge is 0.367 e. The van der Waals surface area contributed by atoms with Gasteiger partial charge in [-0.2, -0.15) is 5.26 Å². The molecule has 0 bridgehead atoms. The van der Waals surface area contributed by atoms with E-state index < -0.39 is 0 Å². The van der Waals surface area contributed by atoms with Crippen LogP contribution in [0.2, 0.25) is 0 Å². The van der Waals surface area contributed by atoms with Gasteiger partial charge in [-0.25, -0.2) is 0 Å². The topological polar surface area (TPSA) is 42.8 Å². The first-order chi connectivity index (χ1) is 7.26. The van der Waals surface area contributed by atoms with Gasteiger partial charge in [0, 0.05) is 25.5 Å². The Morgan fingerprint density at radius 1 is 1.60 bits per heavy atom. The van der Waals surface area contributed by atoms with Crippen LogP contribution in [0.1, 0.15) is 18.9 Å². The Hall–Kier alpha value is -1.27. The zero-order valence-electron chi connectivity index (χ0n) is 9.53. The minimum Gasteiger partial charge on any atom is -0.367 e. The van der Waals surface area contributed by atoms with Crippen molar-refractivity contribution in [2.24, 2.45) is 5.92 Å². The van der Waals surface area contributed by atoms with Gasteiger partial charge in [-0.1, -0.05) is 6.92 Å². The fourth-order valence-corrected chi connectivity index (χ4v) is 1.56. The highest BCUT2D eigenvalue weighted by atomic mass is 15.1. The zero-order valence-corrected chi connectivity index (χ0v) is 9.53. The molecule has 1 aromatic heterocycles. The Bertz CT molecular complexity index is 297. The van der Waals surface area contributed by atoms with Crippen LogP contribution >= 0.6 is 0 Å². The summed E-state index contributed by atoms with van der Waals surface area (Å²) in [5.41, 5.74) is 1.33. The van der Waals surface area contributed by atoms with Crippen molar-refractivity contribution in [3.63, 3.8) is 0 Å². The molecular weight excluding hydrogens is 186 g/mol. The van der Waals surface area contributed by atoms with E-state index in [1.807, 2.05) is 12.4 Å². The smallest absolute Gasteiger partial charge is 0.0669 e. The van der Waals surface area contributed by atoms with E-state index in [1.54, 1.807) is 0 Å². The Labute approximate surface area is 91.7 Å². The highest BCUT2D eigenvalue weighted by Crippen LogP contribution is 2.04. The van der Waals surface area contributed by atoms with Gasteiger partial charge < -0.3 is 9.88 Å². The van der Waals surface area contributed by atoms with Crippen LogP contribution in [0.25, 0.3) is 0 Å². The fourth-order valence-electron chi connectivity index (χ4n) is 1.56. The van der Waals surface area contributed by atoms with E-state index in [0.717, 1.165) is 25.9 Å². The lowest BCUT2D eigenvalue weighted by Gasteiger charge is -2.18. The number of aromatic amines is 1. The normalized spacial score (nSPS) is 12.7. The number of hydrogen-bond acceptors (Lipinski definition) is 2.